The molecule has 0 fully saturated rings. The molecule has 3 nitrogen and oxygen atoms in total. The molecule has 0 aliphatic carbocycles. The maximum atomic E-state index is 13.4. The highest BCUT2D eigenvalue weighted by atomic mass is 19.1. The van der Waals surface area contributed by atoms with Crippen molar-refractivity contribution in [2.45, 2.75) is 39.5 Å². The lowest BCUT2D eigenvalue weighted by Crippen LogP contribution is -2.32. The summed E-state index contributed by atoms with van der Waals surface area (Å²) in [5.41, 5.74) is 0.329. The van der Waals surface area contributed by atoms with Crippen LogP contribution >= 0.6 is 0 Å². The predicted molar refractivity (Wildman–Crippen MR) is 83.5 cm³/mol. The molecule has 0 aliphatic heterocycles. The number of methoxy groups -OCH3 is 1. The first-order valence-electron chi connectivity index (χ1n) is 7.71. The maximum absolute atomic E-state index is 13.4. The van der Waals surface area contributed by atoms with Crippen molar-refractivity contribution in [3.8, 4) is 5.75 Å². The van der Waals surface area contributed by atoms with E-state index in [0.717, 1.165) is 38.8 Å². The van der Waals surface area contributed by atoms with Gasteiger partial charge >= 0.3 is 0 Å². The highest BCUT2D eigenvalue weighted by Gasteiger charge is 2.16. The number of ether oxygens (including phenoxy) is 1. The number of hydrogen-bond acceptors (Lipinski definition) is 3. The van der Waals surface area contributed by atoms with Crippen molar-refractivity contribution in [2.75, 3.05) is 26.7 Å². The molecule has 0 heterocycles. The van der Waals surface area contributed by atoms with Crippen LogP contribution in [0.4, 0.5) is 4.39 Å². The quantitative estimate of drug-likeness (QED) is 0.613. The normalized spacial score (nSPS) is 10.9. The fourth-order valence-corrected chi connectivity index (χ4v) is 2.22. The number of rotatable bonds is 10. The number of ketones is 1. The van der Waals surface area contributed by atoms with Crippen LogP contribution in [-0.2, 0) is 0 Å². The van der Waals surface area contributed by atoms with Crippen LogP contribution < -0.4 is 4.74 Å². The number of carbonyl (C=O) groups is 1. The van der Waals surface area contributed by atoms with E-state index in [1.54, 1.807) is 0 Å². The van der Waals surface area contributed by atoms with E-state index >= 15 is 0 Å². The number of nitrogens with zero attached hydrogens (tertiary/aromatic N) is 1. The van der Waals surface area contributed by atoms with Gasteiger partial charge in [0.2, 0.25) is 0 Å². The minimum absolute atomic E-state index is 0.0847. The molecule has 0 amide bonds. The molecule has 21 heavy (non-hydrogen) atoms. The Balaban J connectivity index is 2.77. The molecule has 0 N–H and O–H groups in total. The van der Waals surface area contributed by atoms with Crippen LogP contribution in [0, 0.1) is 5.82 Å². The molecule has 0 radical (unpaired) electrons. The first kappa shape index (κ1) is 17.6. The third kappa shape index (κ3) is 5.84. The second kappa shape index (κ2) is 9.50. The Bertz CT molecular complexity index is 440. The molecule has 0 atom stereocenters. The van der Waals surface area contributed by atoms with Crippen molar-refractivity contribution in [2.24, 2.45) is 0 Å². The SMILES string of the molecule is CCCCN(CCCC)CC(=O)c1cc(F)ccc1OC. The third-order valence-electron chi connectivity index (χ3n) is 3.48. The van der Waals surface area contributed by atoms with E-state index in [0.29, 0.717) is 17.9 Å². The molecule has 0 aromatic heterocycles. The lowest BCUT2D eigenvalue weighted by molar-refractivity contribution is 0.0925. The van der Waals surface area contributed by atoms with E-state index in [4.69, 9.17) is 4.74 Å². The summed E-state index contributed by atoms with van der Waals surface area (Å²) < 4.78 is 18.5. The van der Waals surface area contributed by atoms with Crippen molar-refractivity contribution >= 4 is 5.78 Å². The second-order valence-electron chi connectivity index (χ2n) is 5.25. The molecule has 1 aromatic carbocycles. The smallest absolute Gasteiger partial charge is 0.180 e. The summed E-state index contributed by atoms with van der Waals surface area (Å²) in [5.74, 6) is -0.0568. The second-order valence-corrected chi connectivity index (χ2v) is 5.25. The maximum Gasteiger partial charge on any atom is 0.180 e. The van der Waals surface area contributed by atoms with E-state index in [9.17, 15) is 9.18 Å². The van der Waals surface area contributed by atoms with Crippen molar-refractivity contribution in [3.05, 3.63) is 29.6 Å². The summed E-state index contributed by atoms with van der Waals surface area (Å²) in [7, 11) is 1.50. The van der Waals surface area contributed by atoms with Crippen molar-refractivity contribution in [1.82, 2.24) is 4.90 Å². The third-order valence-corrected chi connectivity index (χ3v) is 3.48. The number of hydrogen-bond donors (Lipinski definition) is 0. The zero-order valence-electron chi connectivity index (χ0n) is 13.3. The van der Waals surface area contributed by atoms with Gasteiger partial charge in [0.15, 0.2) is 5.78 Å². The minimum atomic E-state index is -0.409. The number of carbonyl (C=O) groups excluding carboxylic acids is 1. The monoisotopic (exact) mass is 295 g/mol. The van der Waals surface area contributed by atoms with Gasteiger partial charge in [0.05, 0.1) is 19.2 Å². The number of halogens is 1. The summed E-state index contributed by atoms with van der Waals surface area (Å²) >= 11 is 0. The van der Waals surface area contributed by atoms with Crippen LogP contribution in [0.1, 0.15) is 49.9 Å². The van der Waals surface area contributed by atoms with Crippen molar-refractivity contribution in [3.63, 3.8) is 0 Å². The Morgan fingerprint density at radius 3 is 2.33 bits per heavy atom. The van der Waals surface area contributed by atoms with Gasteiger partial charge in [-0.15, -0.1) is 0 Å². The number of Topliss-reactive ketones (excluding diaryl/α,β-unsaturated/α-hetero) is 1. The molecule has 1 rings (SSSR count). The summed E-state index contributed by atoms with van der Waals surface area (Å²) in [6.45, 7) is 6.39. The van der Waals surface area contributed by atoms with Gasteiger partial charge in [-0.3, -0.25) is 9.69 Å². The molecule has 0 saturated carbocycles. The summed E-state index contributed by atoms with van der Waals surface area (Å²) in [6, 6.07) is 4.07. The summed E-state index contributed by atoms with van der Waals surface area (Å²) in [4.78, 5) is 14.6. The lowest BCUT2D eigenvalue weighted by Gasteiger charge is -2.21. The average molecular weight is 295 g/mol. The van der Waals surface area contributed by atoms with Crippen LogP contribution in [0.15, 0.2) is 18.2 Å². The van der Waals surface area contributed by atoms with Crippen LogP contribution in [0.25, 0.3) is 0 Å². The van der Waals surface area contributed by atoms with Crippen molar-refractivity contribution in [1.29, 1.82) is 0 Å². The lowest BCUT2D eigenvalue weighted by atomic mass is 10.1. The van der Waals surface area contributed by atoms with E-state index in [-0.39, 0.29) is 5.78 Å². The van der Waals surface area contributed by atoms with Gasteiger partial charge in [0.25, 0.3) is 0 Å². The van der Waals surface area contributed by atoms with Gasteiger partial charge in [-0.2, -0.15) is 0 Å². The number of unbranched alkanes of at least 4 members (excludes halogenated alkanes) is 2. The van der Waals surface area contributed by atoms with Gasteiger partial charge in [-0.05, 0) is 44.1 Å². The zero-order valence-corrected chi connectivity index (χ0v) is 13.3. The Hall–Kier alpha value is -1.42. The van der Waals surface area contributed by atoms with E-state index < -0.39 is 5.82 Å². The minimum Gasteiger partial charge on any atom is -0.496 e. The van der Waals surface area contributed by atoms with Gasteiger partial charge < -0.3 is 4.74 Å². The van der Waals surface area contributed by atoms with Crippen LogP contribution in [-0.4, -0.2) is 37.4 Å². The molecule has 4 heteroatoms. The van der Waals surface area contributed by atoms with Crippen LogP contribution in [0.2, 0.25) is 0 Å². The highest BCUT2D eigenvalue weighted by molar-refractivity contribution is 6.00. The Morgan fingerprint density at radius 2 is 1.81 bits per heavy atom. The molecule has 118 valence electrons. The standard InChI is InChI=1S/C17H26FNO2/c1-4-6-10-19(11-7-5-2)13-16(20)15-12-14(18)8-9-17(15)21-3/h8-9,12H,4-7,10-11,13H2,1-3H3. The van der Waals surface area contributed by atoms with Gasteiger partial charge in [-0.1, -0.05) is 26.7 Å². The first-order chi connectivity index (χ1) is 10.1. The molecule has 0 aliphatic rings. The zero-order chi connectivity index (χ0) is 15.7. The van der Waals surface area contributed by atoms with Gasteiger partial charge in [0.1, 0.15) is 11.6 Å². The fourth-order valence-electron chi connectivity index (χ4n) is 2.22. The summed E-state index contributed by atoms with van der Waals surface area (Å²) in [5, 5.41) is 0. The Morgan fingerprint density at radius 1 is 1.19 bits per heavy atom. The molecular weight excluding hydrogens is 269 g/mol. The van der Waals surface area contributed by atoms with Gasteiger partial charge in [-0.25, -0.2) is 4.39 Å². The predicted octanol–water partition coefficient (Wildman–Crippen LogP) is 3.92. The Labute approximate surface area is 127 Å². The van der Waals surface area contributed by atoms with E-state index in [2.05, 4.69) is 18.7 Å². The van der Waals surface area contributed by atoms with E-state index in [1.807, 2.05) is 0 Å². The largest absolute Gasteiger partial charge is 0.496 e. The highest BCUT2D eigenvalue weighted by Crippen LogP contribution is 2.20. The molecular formula is C17H26FNO2. The van der Waals surface area contributed by atoms with Crippen molar-refractivity contribution < 1.29 is 13.9 Å². The average Bonchev–Trinajstić information content (AvgIpc) is 2.49. The summed E-state index contributed by atoms with van der Waals surface area (Å²) in [6.07, 6.45) is 4.33. The Kier molecular flexibility index (Phi) is 7.98. The number of benzene rings is 1. The van der Waals surface area contributed by atoms with E-state index in [1.165, 1.54) is 25.3 Å². The fraction of sp³-hybridized carbons (Fsp3) is 0.588. The molecule has 1 aromatic rings. The molecule has 0 saturated heterocycles. The molecule has 0 unspecified atom stereocenters. The molecule has 0 bridgehead atoms. The topological polar surface area (TPSA) is 29.5 Å². The van der Waals surface area contributed by atoms with Crippen LogP contribution in [0.3, 0.4) is 0 Å². The van der Waals surface area contributed by atoms with Gasteiger partial charge in [0, 0.05) is 0 Å². The first-order valence-corrected chi connectivity index (χ1v) is 7.71. The van der Waals surface area contributed by atoms with Crippen LogP contribution in [0.5, 0.6) is 5.75 Å². The molecule has 0 spiro atoms.